The van der Waals surface area contributed by atoms with Crippen LogP contribution in [0.4, 0.5) is 5.13 Å². The lowest BCUT2D eigenvalue weighted by molar-refractivity contribution is -0.153. The van der Waals surface area contributed by atoms with Crippen molar-refractivity contribution >= 4 is 46.1 Å². The Morgan fingerprint density at radius 2 is 1.94 bits per heavy atom. The molecule has 8 nitrogen and oxygen atoms in total. The number of rotatable bonds is 7. The maximum absolute atomic E-state index is 12.5. The van der Waals surface area contributed by atoms with Crippen LogP contribution in [0.1, 0.15) is 48.3 Å². The summed E-state index contributed by atoms with van der Waals surface area (Å²) in [4.78, 5) is 32.4. The molecule has 0 aliphatic carbocycles. The summed E-state index contributed by atoms with van der Waals surface area (Å²) in [5.41, 5.74) is 1.11. The van der Waals surface area contributed by atoms with E-state index in [1.54, 1.807) is 54.5 Å². The average Bonchev–Trinajstić information content (AvgIpc) is 3.40. The number of benzene rings is 1. The molecule has 2 amide bonds. The molecule has 10 heteroatoms. The number of carbonyl (C=O) groups excluding carboxylic acids is 2. The van der Waals surface area contributed by atoms with E-state index in [4.69, 9.17) is 9.62 Å². The predicted octanol–water partition coefficient (Wildman–Crippen LogP) is 4.83. The second-order valence-electron chi connectivity index (χ2n) is 7.91. The van der Waals surface area contributed by atoms with Gasteiger partial charge in [0, 0.05) is 24.1 Å². The number of hydroxylamine groups is 2. The van der Waals surface area contributed by atoms with Gasteiger partial charge in [-0.25, -0.2) is 15.0 Å². The summed E-state index contributed by atoms with van der Waals surface area (Å²) in [6.45, 7) is 6.22. The zero-order chi connectivity index (χ0) is 23.3. The van der Waals surface area contributed by atoms with Crippen LogP contribution < -0.4 is 5.32 Å². The minimum absolute atomic E-state index is 0.0834. The van der Waals surface area contributed by atoms with Gasteiger partial charge in [-0.3, -0.25) is 20.1 Å². The van der Waals surface area contributed by atoms with Gasteiger partial charge in [-0.15, -0.1) is 11.8 Å². The van der Waals surface area contributed by atoms with Gasteiger partial charge >= 0.3 is 0 Å². The monoisotopic (exact) mass is 472 g/mol. The molecule has 0 radical (unpaired) electrons. The first-order chi connectivity index (χ1) is 15.1. The van der Waals surface area contributed by atoms with Crippen molar-refractivity contribution in [1.29, 1.82) is 0 Å². The number of nitrogens with zero attached hydrogens (tertiary/aromatic N) is 3. The molecule has 0 saturated heterocycles. The molecular weight excluding hydrogens is 448 g/mol. The Morgan fingerprint density at radius 3 is 2.56 bits per heavy atom. The topological polar surface area (TPSA) is 109 Å². The number of anilines is 1. The fraction of sp³-hybridized carbons (Fsp3) is 0.273. The van der Waals surface area contributed by atoms with E-state index < -0.39 is 5.91 Å². The van der Waals surface area contributed by atoms with Crippen LogP contribution in [0.2, 0.25) is 0 Å². The molecule has 168 valence electrons. The number of carbonyl (C=O) groups is 2. The van der Waals surface area contributed by atoms with Gasteiger partial charge in [-0.05, 0) is 23.8 Å². The van der Waals surface area contributed by atoms with Crippen molar-refractivity contribution in [1.82, 2.24) is 15.0 Å². The molecule has 0 spiro atoms. The lowest BCUT2D eigenvalue weighted by Gasteiger charge is -2.12. The van der Waals surface area contributed by atoms with Crippen LogP contribution in [0, 0.1) is 0 Å². The van der Waals surface area contributed by atoms with E-state index in [-0.39, 0.29) is 11.3 Å². The van der Waals surface area contributed by atoms with Crippen LogP contribution in [-0.2, 0) is 16.0 Å². The maximum Gasteiger partial charge on any atom is 0.269 e. The lowest BCUT2D eigenvalue weighted by atomic mass is 9.94. The number of likely N-dealkylation sites (N-methyl/N-ethyl adjacent to an activating group) is 1. The van der Waals surface area contributed by atoms with Crippen LogP contribution in [0.5, 0.6) is 0 Å². The largest absolute Gasteiger partial charge is 0.444 e. The van der Waals surface area contributed by atoms with Crippen molar-refractivity contribution in [3.05, 3.63) is 65.5 Å². The normalized spacial score (nSPS) is 11.7. The molecule has 0 bridgehead atoms. The fourth-order valence-corrected chi connectivity index (χ4v) is 4.15. The summed E-state index contributed by atoms with van der Waals surface area (Å²) in [6, 6.07) is 6.73. The standard InChI is InChI=1S/C22H24N4O4S2/c1-22(2,3)16-11-23-17(30-16)13-31-19-12-24-21(32-19)25-20(28)15-8-5-14(6-9-15)7-10-18(27)26(4)29/h5-12,29H,13H2,1-4H3,(H,24,25,28)/b10-7+. The Hall–Kier alpha value is -2.95. The van der Waals surface area contributed by atoms with Gasteiger partial charge in [0.1, 0.15) is 5.76 Å². The van der Waals surface area contributed by atoms with E-state index in [0.717, 1.165) is 15.5 Å². The summed E-state index contributed by atoms with van der Waals surface area (Å²) in [5.74, 6) is 1.26. The van der Waals surface area contributed by atoms with Crippen molar-refractivity contribution in [3.63, 3.8) is 0 Å². The summed E-state index contributed by atoms with van der Waals surface area (Å²) in [5, 5.41) is 12.8. The molecule has 2 aromatic heterocycles. The molecule has 2 N–H and O–H groups in total. The van der Waals surface area contributed by atoms with Crippen molar-refractivity contribution in [3.8, 4) is 0 Å². The van der Waals surface area contributed by atoms with Gasteiger partial charge in [0.05, 0.1) is 22.4 Å². The zero-order valence-electron chi connectivity index (χ0n) is 18.2. The van der Waals surface area contributed by atoms with Crippen molar-refractivity contribution in [2.24, 2.45) is 0 Å². The Morgan fingerprint density at radius 1 is 1.22 bits per heavy atom. The van der Waals surface area contributed by atoms with E-state index in [2.05, 4.69) is 36.1 Å². The number of thioether (sulfide) groups is 1. The summed E-state index contributed by atoms with van der Waals surface area (Å²) in [7, 11) is 1.25. The number of oxazole rings is 1. The highest BCUT2D eigenvalue weighted by Gasteiger charge is 2.19. The molecule has 2 heterocycles. The van der Waals surface area contributed by atoms with E-state index in [9.17, 15) is 9.59 Å². The first kappa shape index (κ1) is 23.7. The Balaban J connectivity index is 1.54. The summed E-state index contributed by atoms with van der Waals surface area (Å²) in [6.07, 6.45) is 6.27. The number of amides is 2. The van der Waals surface area contributed by atoms with Crippen molar-refractivity contribution in [2.75, 3.05) is 12.4 Å². The van der Waals surface area contributed by atoms with Crippen LogP contribution in [0.25, 0.3) is 6.08 Å². The summed E-state index contributed by atoms with van der Waals surface area (Å²) >= 11 is 2.92. The molecule has 0 atom stereocenters. The number of nitrogens with one attached hydrogen (secondary N) is 1. The molecule has 3 aromatic rings. The number of aromatic nitrogens is 2. The molecule has 0 aliphatic rings. The Bertz CT molecular complexity index is 1110. The Labute approximate surface area is 194 Å². The molecule has 0 aliphatic heterocycles. The highest BCUT2D eigenvalue weighted by molar-refractivity contribution is 8.00. The van der Waals surface area contributed by atoms with E-state index in [0.29, 0.717) is 27.4 Å². The highest BCUT2D eigenvalue weighted by atomic mass is 32.2. The lowest BCUT2D eigenvalue weighted by Crippen LogP contribution is -2.19. The number of thiazole rings is 1. The van der Waals surface area contributed by atoms with Gasteiger partial charge in [-0.2, -0.15) is 0 Å². The molecule has 0 unspecified atom stereocenters. The first-order valence-electron chi connectivity index (χ1n) is 9.71. The third-order valence-electron chi connectivity index (χ3n) is 4.25. The van der Waals surface area contributed by atoms with Crippen LogP contribution >= 0.6 is 23.1 Å². The van der Waals surface area contributed by atoms with Crippen LogP contribution in [0.15, 0.2) is 51.4 Å². The summed E-state index contributed by atoms with van der Waals surface area (Å²) < 4.78 is 6.73. The highest BCUT2D eigenvalue weighted by Crippen LogP contribution is 2.32. The molecule has 1 aromatic carbocycles. The molecule has 0 fully saturated rings. The molecule has 0 saturated carbocycles. The number of hydrogen-bond acceptors (Lipinski definition) is 8. The molecule has 32 heavy (non-hydrogen) atoms. The van der Waals surface area contributed by atoms with Crippen molar-refractivity contribution < 1.29 is 19.2 Å². The third kappa shape index (κ3) is 6.52. The second-order valence-corrected chi connectivity index (χ2v) is 10.2. The van der Waals surface area contributed by atoms with Crippen molar-refractivity contribution in [2.45, 2.75) is 36.1 Å². The first-order valence-corrected chi connectivity index (χ1v) is 11.5. The third-order valence-corrected chi connectivity index (χ3v) is 6.34. The van der Waals surface area contributed by atoms with Gasteiger partial charge in [0.25, 0.3) is 11.8 Å². The van der Waals surface area contributed by atoms with Gasteiger partial charge in [-0.1, -0.05) is 44.2 Å². The van der Waals surface area contributed by atoms with Gasteiger partial charge < -0.3 is 4.42 Å². The zero-order valence-corrected chi connectivity index (χ0v) is 19.8. The van der Waals surface area contributed by atoms with E-state index in [1.165, 1.54) is 24.5 Å². The minimum atomic E-state index is -0.540. The SMILES string of the molecule is CN(O)C(=O)/C=C/c1ccc(C(=O)Nc2ncc(SCc3ncc(C(C)(C)C)o3)s2)cc1. The molecular formula is C22H24N4O4S2. The van der Waals surface area contributed by atoms with Crippen LogP contribution in [-0.4, -0.2) is 39.1 Å². The Kier molecular flexibility index (Phi) is 7.49. The van der Waals surface area contributed by atoms with Gasteiger partial charge in [0.15, 0.2) is 5.13 Å². The minimum Gasteiger partial charge on any atom is -0.444 e. The fourth-order valence-electron chi connectivity index (χ4n) is 2.43. The predicted molar refractivity (Wildman–Crippen MR) is 125 cm³/mol. The number of hydrogen-bond donors (Lipinski definition) is 2. The average molecular weight is 473 g/mol. The maximum atomic E-state index is 12.5. The van der Waals surface area contributed by atoms with Crippen LogP contribution in [0.3, 0.4) is 0 Å². The smallest absolute Gasteiger partial charge is 0.269 e. The van der Waals surface area contributed by atoms with E-state index in [1.807, 2.05) is 0 Å². The quantitative estimate of drug-likeness (QED) is 0.219. The van der Waals surface area contributed by atoms with E-state index >= 15 is 0 Å². The van der Waals surface area contributed by atoms with Gasteiger partial charge in [0.2, 0.25) is 5.89 Å². The molecule has 3 rings (SSSR count). The second kappa shape index (κ2) is 10.1.